The average molecular weight is 385 g/mol. The summed E-state index contributed by atoms with van der Waals surface area (Å²) in [5, 5.41) is 3.07. The van der Waals surface area contributed by atoms with Crippen LogP contribution in [0, 0.1) is 11.8 Å². The molecule has 1 unspecified atom stereocenters. The quantitative estimate of drug-likeness (QED) is 0.819. The van der Waals surface area contributed by atoms with Crippen LogP contribution >= 0.6 is 0 Å². The smallest absolute Gasteiger partial charge is 0.227 e. The van der Waals surface area contributed by atoms with Crippen LogP contribution in [0.25, 0.3) is 0 Å². The number of pyridine rings is 1. The summed E-state index contributed by atoms with van der Waals surface area (Å²) < 4.78 is 0. The molecule has 4 rings (SSSR count). The summed E-state index contributed by atoms with van der Waals surface area (Å²) in [5.41, 5.74) is 0. The first kappa shape index (κ1) is 19.2. The first-order chi connectivity index (χ1) is 13.7. The van der Waals surface area contributed by atoms with E-state index in [1.807, 2.05) is 24.4 Å². The zero-order chi connectivity index (χ0) is 19.3. The van der Waals surface area contributed by atoms with Crippen LogP contribution < -0.4 is 10.2 Å². The predicted molar refractivity (Wildman–Crippen MR) is 109 cm³/mol. The van der Waals surface area contributed by atoms with Gasteiger partial charge in [0, 0.05) is 44.8 Å². The van der Waals surface area contributed by atoms with Crippen molar-refractivity contribution in [3.8, 4) is 0 Å². The molecule has 1 saturated carbocycles. The summed E-state index contributed by atoms with van der Waals surface area (Å²) >= 11 is 0. The zero-order valence-corrected chi connectivity index (χ0v) is 16.7. The lowest BCUT2D eigenvalue weighted by atomic mass is 9.90. The van der Waals surface area contributed by atoms with Gasteiger partial charge in [-0.1, -0.05) is 6.07 Å². The van der Waals surface area contributed by atoms with Crippen LogP contribution in [0.2, 0.25) is 0 Å². The monoisotopic (exact) mass is 384 g/mol. The number of anilines is 1. The first-order valence-electron chi connectivity index (χ1n) is 10.9. The molecule has 0 aromatic carbocycles. The van der Waals surface area contributed by atoms with Crippen LogP contribution in [0.5, 0.6) is 0 Å². The van der Waals surface area contributed by atoms with E-state index in [4.69, 9.17) is 0 Å². The van der Waals surface area contributed by atoms with Crippen molar-refractivity contribution in [2.24, 2.45) is 11.8 Å². The molecule has 3 fully saturated rings. The number of nitrogens with zero attached hydrogens (tertiary/aromatic N) is 3. The fourth-order valence-corrected chi connectivity index (χ4v) is 4.49. The third-order valence-electron chi connectivity index (χ3n) is 6.39. The van der Waals surface area contributed by atoms with Crippen molar-refractivity contribution in [2.45, 2.75) is 57.4 Å². The summed E-state index contributed by atoms with van der Waals surface area (Å²) in [4.78, 5) is 33.7. The Morgan fingerprint density at radius 1 is 1.07 bits per heavy atom. The first-order valence-corrected chi connectivity index (χ1v) is 10.9. The Kier molecular flexibility index (Phi) is 6.13. The van der Waals surface area contributed by atoms with E-state index in [-0.39, 0.29) is 11.8 Å². The second-order valence-corrected chi connectivity index (χ2v) is 8.62. The van der Waals surface area contributed by atoms with E-state index in [0.29, 0.717) is 24.3 Å². The van der Waals surface area contributed by atoms with Crippen molar-refractivity contribution < 1.29 is 9.59 Å². The highest BCUT2D eigenvalue weighted by atomic mass is 16.2. The normalized spacial score (nSPS) is 23.5. The van der Waals surface area contributed by atoms with Crippen LogP contribution in [0.4, 0.5) is 5.82 Å². The highest BCUT2D eigenvalue weighted by molar-refractivity contribution is 5.80. The van der Waals surface area contributed by atoms with E-state index in [1.165, 1.54) is 0 Å². The Hall–Kier alpha value is -2.11. The maximum atomic E-state index is 13.0. The number of aromatic nitrogens is 1. The van der Waals surface area contributed by atoms with Crippen molar-refractivity contribution in [3.63, 3.8) is 0 Å². The average Bonchev–Trinajstić information content (AvgIpc) is 3.57. The molecule has 1 aromatic rings. The fourth-order valence-electron chi connectivity index (χ4n) is 4.49. The maximum absolute atomic E-state index is 13.0. The number of hydrogen-bond acceptors (Lipinski definition) is 4. The van der Waals surface area contributed by atoms with Crippen LogP contribution in [0.15, 0.2) is 24.4 Å². The van der Waals surface area contributed by atoms with Crippen LogP contribution in [0.3, 0.4) is 0 Å². The van der Waals surface area contributed by atoms with Gasteiger partial charge in [0.2, 0.25) is 11.8 Å². The summed E-state index contributed by atoms with van der Waals surface area (Å²) in [7, 11) is 0. The Labute approximate surface area is 167 Å². The number of piperidine rings is 2. The molecule has 1 aromatic heterocycles. The molecule has 0 spiro atoms. The number of carbonyl (C=O) groups excluding carboxylic acids is 2. The van der Waals surface area contributed by atoms with Crippen molar-refractivity contribution >= 4 is 17.6 Å². The van der Waals surface area contributed by atoms with Gasteiger partial charge < -0.3 is 15.1 Å². The van der Waals surface area contributed by atoms with E-state index < -0.39 is 0 Å². The number of amides is 2. The fraction of sp³-hybridized carbons (Fsp3) is 0.682. The second-order valence-electron chi connectivity index (χ2n) is 8.62. The molecule has 6 heteroatoms. The molecule has 2 saturated heterocycles. The molecule has 152 valence electrons. The van der Waals surface area contributed by atoms with Crippen molar-refractivity contribution in [1.29, 1.82) is 0 Å². The lowest BCUT2D eigenvalue weighted by Gasteiger charge is -2.38. The van der Waals surface area contributed by atoms with Gasteiger partial charge in [-0.15, -0.1) is 0 Å². The predicted octanol–water partition coefficient (Wildman–Crippen LogP) is 2.60. The van der Waals surface area contributed by atoms with Crippen LogP contribution in [-0.4, -0.2) is 53.9 Å². The maximum Gasteiger partial charge on any atom is 0.227 e. The van der Waals surface area contributed by atoms with E-state index in [1.54, 1.807) is 0 Å². The molecule has 2 aliphatic heterocycles. The van der Waals surface area contributed by atoms with Gasteiger partial charge in [0.05, 0.1) is 5.92 Å². The van der Waals surface area contributed by atoms with Gasteiger partial charge in [0.1, 0.15) is 5.82 Å². The minimum Gasteiger partial charge on any atom is -0.356 e. The summed E-state index contributed by atoms with van der Waals surface area (Å²) in [6, 6.07) is 6.41. The zero-order valence-electron chi connectivity index (χ0n) is 16.7. The molecule has 3 aliphatic rings. The molecule has 6 nitrogen and oxygen atoms in total. The molecule has 1 aliphatic carbocycles. The highest BCUT2D eigenvalue weighted by Crippen LogP contribution is 2.27. The highest BCUT2D eigenvalue weighted by Gasteiger charge is 2.32. The van der Waals surface area contributed by atoms with Gasteiger partial charge >= 0.3 is 0 Å². The van der Waals surface area contributed by atoms with E-state index in [9.17, 15) is 9.59 Å². The number of hydrogen-bond donors (Lipinski definition) is 1. The van der Waals surface area contributed by atoms with Crippen molar-refractivity contribution in [2.75, 3.05) is 31.1 Å². The second kappa shape index (κ2) is 8.93. The lowest BCUT2D eigenvalue weighted by Crippen LogP contribution is -2.47. The molecule has 1 N–H and O–H groups in total. The molecule has 3 heterocycles. The standard InChI is InChI=1S/C22H32N4O2/c27-21(24-19-7-8-19)9-6-17-10-14-25(15-11-17)22(28)18-4-3-13-26(16-18)20-5-1-2-12-23-20/h1-2,5,12,17-19H,3-4,6-11,13-16H2,(H,24,27). The van der Waals surface area contributed by atoms with Gasteiger partial charge in [0.25, 0.3) is 0 Å². The SMILES string of the molecule is O=C(CCC1CCN(C(=O)C2CCCN(c3ccccn3)C2)CC1)NC1CC1. The molecule has 28 heavy (non-hydrogen) atoms. The van der Waals surface area contributed by atoms with E-state index in [2.05, 4.69) is 20.1 Å². The van der Waals surface area contributed by atoms with E-state index >= 15 is 0 Å². The Bertz CT molecular complexity index is 668. The molecular formula is C22H32N4O2. The van der Waals surface area contributed by atoms with Gasteiger partial charge in [-0.05, 0) is 63.0 Å². The summed E-state index contributed by atoms with van der Waals surface area (Å²) in [6.07, 6.45) is 9.77. The Morgan fingerprint density at radius 2 is 1.89 bits per heavy atom. The largest absolute Gasteiger partial charge is 0.356 e. The van der Waals surface area contributed by atoms with Crippen molar-refractivity contribution in [1.82, 2.24) is 15.2 Å². The van der Waals surface area contributed by atoms with Gasteiger partial charge in [-0.3, -0.25) is 9.59 Å². The third kappa shape index (κ3) is 5.03. The van der Waals surface area contributed by atoms with Gasteiger partial charge in [-0.2, -0.15) is 0 Å². The van der Waals surface area contributed by atoms with Crippen LogP contribution in [-0.2, 0) is 9.59 Å². The molecule has 1 atom stereocenters. The summed E-state index contributed by atoms with van der Waals surface area (Å²) in [5.74, 6) is 2.15. The van der Waals surface area contributed by atoms with Crippen molar-refractivity contribution in [3.05, 3.63) is 24.4 Å². The number of carbonyl (C=O) groups is 2. The lowest BCUT2D eigenvalue weighted by molar-refractivity contribution is -0.137. The minimum atomic E-state index is 0.0802. The summed E-state index contributed by atoms with van der Waals surface area (Å²) in [6.45, 7) is 3.44. The van der Waals surface area contributed by atoms with Gasteiger partial charge in [0.15, 0.2) is 0 Å². The molecule has 2 amide bonds. The van der Waals surface area contributed by atoms with Gasteiger partial charge in [-0.25, -0.2) is 4.98 Å². The topological polar surface area (TPSA) is 65.5 Å². The third-order valence-corrected chi connectivity index (χ3v) is 6.39. The van der Waals surface area contributed by atoms with E-state index in [0.717, 1.165) is 76.9 Å². The molecule has 0 bridgehead atoms. The number of nitrogens with one attached hydrogen (secondary N) is 1. The Balaban J connectivity index is 1.21. The number of likely N-dealkylation sites (tertiary alicyclic amines) is 1. The number of rotatable bonds is 6. The van der Waals surface area contributed by atoms with Crippen LogP contribution in [0.1, 0.15) is 51.4 Å². The molecule has 0 radical (unpaired) electrons. The molecular weight excluding hydrogens is 352 g/mol. The Morgan fingerprint density at radius 3 is 2.61 bits per heavy atom. The minimum absolute atomic E-state index is 0.0802.